The van der Waals surface area contributed by atoms with E-state index in [0.717, 1.165) is 18.5 Å². The van der Waals surface area contributed by atoms with Crippen molar-refractivity contribution in [3.05, 3.63) is 35.6 Å². The molecule has 0 spiro atoms. The van der Waals surface area contributed by atoms with E-state index < -0.39 is 0 Å². The van der Waals surface area contributed by atoms with Crippen LogP contribution >= 0.6 is 0 Å². The van der Waals surface area contributed by atoms with E-state index in [4.69, 9.17) is 0 Å². The third-order valence-corrected chi connectivity index (χ3v) is 3.52. The van der Waals surface area contributed by atoms with Gasteiger partial charge in [-0.3, -0.25) is 0 Å². The van der Waals surface area contributed by atoms with Crippen molar-refractivity contribution >= 4 is 0 Å². The average Bonchev–Trinajstić information content (AvgIpc) is 2.23. The molecule has 3 atom stereocenters. The van der Waals surface area contributed by atoms with E-state index in [1.54, 1.807) is 12.1 Å². The van der Waals surface area contributed by atoms with Crippen LogP contribution in [-0.4, -0.2) is 12.6 Å². The lowest BCUT2D eigenvalue weighted by molar-refractivity contribution is 0.187. The zero-order chi connectivity index (χ0) is 10.8. The lowest BCUT2D eigenvalue weighted by Crippen LogP contribution is -2.47. The summed E-state index contributed by atoms with van der Waals surface area (Å²) in [5.74, 6) is 1.03. The molecule has 82 valence electrons. The fourth-order valence-electron chi connectivity index (χ4n) is 2.50. The standard InChI is InChI=1S/C13H18FN/c1-3-15-13-8-12(9(13)2)10-5-4-6-11(14)7-10/h4-7,9,12-13,15H,3,8H2,1-2H3. The molecule has 0 aromatic heterocycles. The highest BCUT2D eigenvalue weighted by molar-refractivity contribution is 5.25. The van der Waals surface area contributed by atoms with Crippen LogP contribution in [0, 0.1) is 11.7 Å². The van der Waals surface area contributed by atoms with Crippen molar-refractivity contribution in [2.45, 2.75) is 32.2 Å². The SMILES string of the molecule is CCNC1CC(c2cccc(F)c2)C1C. The van der Waals surface area contributed by atoms with Gasteiger partial charge in [-0.1, -0.05) is 26.0 Å². The molecule has 0 aliphatic heterocycles. The summed E-state index contributed by atoms with van der Waals surface area (Å²) >= 11 is 0. The van der Waals surface area contributed by atoms with Gasteiger partial charge in [-0.05, 0) is 42.5 Å². The van der Waals surface area contributed by atoms with Gasteiger partial charge >= 0.3 is 0 Å². The van der Waals surface area contributed by atoms with Crippen molar-refractivity contribution in [3.8, 4) is 0 Å². The van der Waals surface area contributed by atoms with E-state index in [0.29, 0.717) is 17.9 Å². The van der Waals surface area contributed by atoms with Crippen molar-refractivity contribution in [2.75, 3.05) is 6.54 Å². The Balaban J connectivity index is 2.03. The van der Waals surface area contributed by atoms with Gasteiger partial charge in [0.1, 0.15) is 5.82 Å². The predicted molar refractivity (Wildman–Crippen MR) is 60.4 cm³/mol. The minimum absolute atomic E-state index is 0.119. The monoisotopic (exact) mass is 207 g/mol. The molecule has 0 bridgehead atoms. The van der Waals surface area contributed by atoms with Crippen LogP contribution in [0.1, 0.15) is 31.7 Å². The number of halogens is 1. The molecule has 0 heterocycles. The maximum atomic E-state index is 13.0. The second kappa shape index (κ2) is 4.31. The Morgan fingerprint density at radius 1 is 1.47 bits per heavy atom. The van der Waals surface area contributed by atoms with Gasteiger partial charge in [0.25, 0.3) is 0 Å². The maximum Gasteiger partial charge on any atom is 0.123 e. The topological polar surface area (TPSA) is 12.0 Å². The first-order valence-corrected chi connectivity index (χ1v) is 5.71. The second-order valence-electron chi connectivity index (χ2n) is 4.42. The molecule has 0 amide bonds. The van der Waals surface area contributed by atoms with E-state index in [1.807, 2.05) is 6.07 Å². The van der Waals surface area contributed by atoms with E-state index in [2.05, 4.69) is 19.2 Å². The maximum absolute atomic E-state index is 13.0. The Morgan fingerprint density at radius 3 is 2.87 bits per heavy atom. The zero-order valence-electron chi connectivity index (χ0n) is 9.33. The summed E-state index contributed by atoms with van der Waals surface area (Å²) in [6, 6.07) is 7.63. The van der Waals surface area contributed by atoms with Gasteiger partial charge in [0.2, 0.25) is 0 Å². The summed E-state index contributed by atoms with van der Waals surface area (Å²) in [6.45, 7) is 5.39. The molecule has 2 rings (SSSR count). The Morgan fingerprint density at radius 2 is 2.27 bits per heavy atom. The summed E-state index contributed by atoms with van der Waals surface area (Å²) in [4.78, 5) is 0. The molecule has 3 unspecified atom stereocenters. The summed E-state index contributed by atoms with van der Waals surface area (Å²) in [5.41, 5.74) is 1.15. The molecule has 1 nitrogen and oxygen atoms in total. The summed E-state index contributed by atoms with van der Waals surface area (Å²) in [5, 5.41) is 3.45. The number of benzene rings is 1. The summed E-state index contributed by atoms with van der Waals surface area (Å²) in [6.07, 6.45) is 1.14. The lowest BCUT2D eigenvalue weighted by Gasteiger charge is -2.43. The molecule has 1 aromatic carbocycles. The molecule has 1 saturated carbocycles. The van der Waals surface area contributed by atoms with Crippen LogP contribution in [0.25, 0.3) is 0 Å². The van der Waals surface area contributed by atoms with Gasteiger partial charge < -0.3 is 5.32 Å². The number of hydrogen-bond donors (Lipinski definition) is 1. The molecule has 15 heavy (non-hydrogen) atoms. The smallest absolute Gasteiger partial charge is 0.123 e. The van der Waals surface area contributed by atoms with Gasteiger partial charge in [0.15, 0.2) is 0 Å². The largest absolute Gasteiger partial charge is 0.314 e. The highest BCUT2D eigenvalue weighted by atomic mass is 19.1. The molecule has 0 radical (unpaired) electrons. The molecule has 1 aromatic rings. The Labute approximate surface area is 90.7 Å². The van der Waals surface area contributed by atoms with Crippen LogP contribution < -0.4 is 5.32 Å². The highest BCUT2D eigenvalue weighted by Crippen LogP contribution is 2.42. The fourth-order valence-corrected chi connectivity index (χ4v) is 2.50. The zero-order valence-corrected chi connectivity index (χ0v) is 9.33. The van der Waals surface area contributed by atoms with Crippen LogP contribution in [0.15, 0.2) is 24.3 Å². The van der Waals surface area contributed by atoms with E-state index in [1.165, 1.54) is 6.07 Å². The number of nitrogens with one attached hydrogen (secondary N) is 1. The predicted octanol–water partition coefficient (Wildman–Crippen LogP) is 2.93. The van der Waals surface area contributed by atoms with E-state index in [9.17, 15) is 4.39 Å². The first-order valence-electron chi connectivity index (χ1n) is 5.71. The Bertz CT molecular complexity index is 337. The lowest BCUT2D eigenvalue weighted by atomic mass is 9.67. The first-order chi connectivity index (χ1) is 7.22. The molecule has 0 saturated heterocycles. The van der Waals surface area contributed by atoms with Crippen LogP contribution in [0.4, 0.5) is 4.39 Å². The molecule has 1 aliphatic carbocycles. The molecular formula is C13H18FN. The number of rotatable bonds is 3. The van der Waals surface area contributed by atoms with E-state index >= 15 is 0 Å². The Kier molecular flexibility index (Phi) is 3.06. The van der Waals surface area contributed by atoms with Crippen LogP contribution in [0.5, 0.6) is 0 Å². The summed E-state index contributed by atoms with van der Waals surface area (Å²) < 4.78 is 13.0. The molecule has 1 fully saturated rings. The number of hydrogen-bond acceptors (Lipinski definition) is 1. The first kappa shape index (κ1) is 10.6. The van der Waals surface area contributed by atoms with E-state index in [-0.39, 0.29) is 5.82 Å². The van der Waals surface area contributed by atoms with Crippen LogP contribution in [0.3, 0.4) is 0 Å². The van der Waals surface area contributed by atoms with Gasteiger partial charge in [-0.15, -0.1) is 0 Å². The molecular weight excluding hydrogens is 189 g/mol. The van der Waals surface area contributed by atoms with Crippen molar-refractivity contribution in [3.63, 3.8) is 0 Å². The van der Waals surface area contributed by atoms with Crippen LogP contribution in [0.2, 0.25) is 0 Å². The molecule has 2 heteroatoms. The molecule has 1 N–H and O–H groups in total. The van der Waals surface area contributed by atoms with Gasteiger partial charge in [-0.25, -0.2) is 4.39 Å². The third kappa shape index (κ3) is 2.05. The third-order valence-electron chi connectivity index (χ3n) is 3.52. The highest BCUT2D eigenvalue weighted by Gasteiger charge is 2.37. The molecule has 1 aliphatic rings. The van der Waals surface area contributed by atoms with Crippen molar-refractivity contribution in [1.29, 1.82) is 0 Å². The Hall–Kier alpha value is -0.890. The van der Waals surface area contributed by atoms with Crippen molar-refractivity contribution in [1.82, 2.24) is 5.32 Å². The van der Waals surface area contributed by atoms with Crippen LogP contribution in [-0.2, 0) is 0 Å². The summed E-state index contributed by atoms with van der Waals surface area (Å²) in [7, 11) is 0. The van der Waals surface area contributed by atoms with Gasteiger partial charge in [-0.2, -0.15) is 0 Å². The van der Waals surface area contributed by atoms with Gasteiger partial charge in [0, 0.05) is 6.04 Å². The minimum atomic E-state index is -0.119. The fraction of sp³-hybridized carbons (Fsp3) is 0.538. The minimum Gasteiger partial charge on any atom is -0.314 e. The van der Waals surface area contributed by atoms with Crippen molar-refractivity contribution in [2.24, 2.45) is 5.92 Å². The average molecular weight is 207 g/mol. The quantitative estimate of drug-likeness (QED) is 0.803. The normalized spacial score (nSPS) is 29.9. The van der Waals surface area contributed by atoms with Gasteiger partial charge in [0.05, 0.1) is 0 Å². The second-order valence-corrected chi connectivity index (χ2v) is 4.42. The van der Waals surface area contributed by atoms with Crippen molar-refractivity contribution < 1.29 is 4.39 Å².